The predicted octanol–water partition coefficient (Wildman–Crippen LogP) is 4.64. The van der Waals surface area contributed by atoms with Gasteiger partial charge in [0, 0.05) is 6.42 Å². The summed E-state index contributed by atoms with van der Waals surface area (Å²) in [4.78, 5) is 0. The number of rotatable bonds is 2. The second-order valence-corrected chi connectivity index (χ2v) is 6.16. The molecule has 21 heavy (non-hydrogen) atoms. The maximum absolute atomic E-state index is 13.6. The number of halogens is 2. The van der Waals surface area contributed by atoms with E-state index >= 15 is 0 Å². The Balaban J connectivity index is 2.02. The van der Waals surface area contributed by atoms with Gasteiger partial charge in [-0.2, -0.15) is 0 Å². The van der Waals surface area contributed by atoms with Crippen molar-refractivity contribution in [2.75, 3.05) is 0 Å². The lowest BCUT2D eigenvalue weighted by molar-refractivity contribution is 0.0271. The second-order valence-electron chi connectivity index (χ2n) is 5.79. The third-order valence-corrected chi connectivity index (χ3v) is 4.74. The number of hydrogen-bond donors (Lipinski definition) is 1. The van der Waals surface area contributed by atoms with Gasteiger partial charge >= 0.3 is 0 Å². The van der Waals surface area contributed by atoms with Gasteiger partial charge in [0.05, 0.1) is 10.6 Å². The Labute approximate surface area is 129 Å². The van der Waals surface area contributed by atoms with Gasteiger partial charge in [-0.3, -0.25) is 0 Å². The molecule has 3 heteroatoms. The Bertz CT molecular complexity index is 655. The highest BCUT2D eigenvalue weighted by Crippen LogP contribution is 2.38. The Kier molecular flexibility index (Phi) is 4.01. The summed E-state index contributed by atoms with van der Waals surface area (Å²) in [7, 11) is 0. The molecular weight excluding hydrogens is 287 g/mol. The molecule has 0 heterocycles. The van der Waals surface area contributed by atoms with Crippen molar-refractivity contribution in [2.24, 2.45) is 0 Å². The van der Waals surface area contributed by atoms with Crippen LogP contribution in [-0.4, -0.2) is 5.11 Å². The predicted molar refractivity (Wildman–Crippen MR) is 83.0 cm³/mol. The van der Waals surface area contributed by atoms with Crippen molar-refractivity contribution in [1.82, 2.24) is 0 Å². The summed E-state index contributed by atoms with van der Waals surface area (Å²) in [6, 6.07) is 12.8. The molecule has 0 aromatic heterocycles. The first-order chi connectivity index (χ1) is 10.1. The summed E-state index contributed by atoms with van der Waals surface area (Å²) < 4.78 is 13.6. The molecule has 0 bridgehead atoms. The lowest BCUT2D eigenvalue weighted by Crippen LogP contribution is -2.29. The Hall–Kier alpha value is -1.38. The minimum absolute atomic E-state index is 0.118. The fourth-order valence-electron chi connectivity index (χ4n) is 3.24. The number of aryl methyl sites for hydroxylation is 1. The molecule has 0 saturated heterocycles. The van der Waals surface area contributed by atoms with Crippen molar-refractivity contribution in [1.29, 1.82) is 0 Å². The van der Waals surface area contributed by atoms with Crippen LogP contribution in [0.5, 0.6) is 0 Å². The molecule has 0 spiro atoms. The molecule has 1 aliphatic carbocycles. The van der Waals surface area contributed by atoms with Gasteiger partial charge in [-0.1, -0.05) is 48.0 Å². The lowest BCUT2D eigenvalue weighted by atomic mass is 9.83. The fourth-order valence-corrected chi connectivity index (χ4v) is 3.44. The van der Waals surface area contributed by atoms with E-state index in [0.717, 1.165) is 24.8 Å². The van der Waals surface area contributed by atoms with Crippen LogP contribution in [0.4, 0.5) is 4.39 Å². The highest BCUT2D eigenvalue weighted by molar-refractivity contribution is 6.31. The van der Waals surface area contributed by atoms with Gasteiger partial charge in [0.25, 0.3) is 0 Å². The van der Waals surface area contributed by atoms with Gasteiger partial charge in [-0.05, 0) is 48.4 Å². The van der Waals surface area contributed by atoms with Crippen molar-refractivity contribution >= 4 is 11.6 Å². The molecule has 0 saturated carbocycles. The van der Waals surface area contributed by atoms with E-state index in [9.17, 15) is 9.50 Å². The third-order valence-electron chi connectivity index (χ3n) is 4.32. The minimum atomic E-state index is -0.968. The van der Waals surface area contributed by atoms with Gasteiger partial charge in [0.1, 0.15) is 5.82 Å². The van der Waals surface area contributed by atoms with Gasteiger partial charge < -0.3 is 5.11 Å². The number of hydrogen-bond acceptors (Lipinski definition) is 1. The SMILES string of the molecule is OC1(Cc2cccc(F)c2Cl)CCCCc2ccccc21. The third kappa shape index (κ3) is 2.83. The maximum Gasteiger partial charge on any atom is 0.142 e. The highest BCUT2D eigenvalue weighted by Gasteiger charge is 2.33. The molecule has 0 fully saturated rings. The van der Waals surface area contributed by atoms with E-state index in [0.29, 0.717) is 18.4 Å². The van der Waals surface area contributed by atoms with E-state index in [1.54, 1.807) is 12.1 Å². The van der Waals surface area contributed by atoms with Crippen LogP contribution >= 0.6 is 11.6 Å². The summed E-state index contributed by atoms with van der Waals surface area (Å²) in [5, 5.41) is 11.3. The van der Waals surface area contributed by atoms with Crippen molar-refractivity contribution in [3.63, 3.8) is 0 Å². The molecular formula is C18H18ClFO. The molecule has 1 aliphatic rings. The molecule has 110 valence electrons. The first kappa shape index (κ1) is 14.6. The second kappa shape index (κ2) is 5.78. The normalized spacial score (nSPS) is 21.7. The zero-order valence-electron chi connectivity index (χ0n) is 11.8. The monoisotopic (exact) mass is 304 g/mol. The van der Waals surface area contributed by atoms with E-state index in [2.05, 4.69) is 6.07 Å². The van der Waals surface area contributed by atoms with Crippen LogP contribution in [-0.2, 0) is 18.4 Å². The Morgan fingerprint density at radius 1 is 1.10 bits per heavy atom. The van der Waals surface area contributed by atoms with Crippen molar-refractivity contribution in [2.45, 2.75) is 37.7 Å². The van der Waals surface area contributed by atoms with E-state index in [-0.39, 0.29) is 5.02 Å². The van der Waals surface area contributed by atoms with Crippen LogP contribution in [0.15, 0.2) is 42.5 Å². The minimum Gasteiger partial charge on any atom is -0.385 e. The number of aliphatic hydroxyl groups is 1. The summed E-state index contributed by atoms with van der Waals surface area (Å²) in [6.45, 7) is 0. The summed E-state index contributed by atoms with van der Waals surface area (Å²) >= 11 is 6.06. The molecule has 2 aromatic carbocycles. The molecule has 2 aromatic rings. The molecule has 0 radical (unpaired) electrons. The number of fused-ring (bicyclic) bond motifs is 1. The van der Waals surface area contributed by atoms with Crippen molar-refractivity contribution < 1.29 is 9.50 Å². The van der Waals surface area contributed by atoms with E-state index < -0.39 is 11.4 Å². The molecule has 1 N–H and O–H groups in total. The standard InChI is InChI=1S/C18H18ClFO/c19-17-14(8-5-10-16(17)20)12-18(21)11-4-3-7-13-6-1-2-9-15(13)18/h1-2,5-6,8-10,21H,3-4,7,11-12H2. The highest BCUT2D eigenvalue weighted by atomic mass is 35.5. The molecule has 0 aliphatic heterocycles. The first-order valence-electron chi connectivity index (χ1n) is 7.34. The summed E-state index contributed by atoms with van der Waals surface area (Å²) in [5.41, 5.74) is 1.84. The van der Waals surface area contributed by atoms with Crippen LogP contribution in [0, 0.1) is 5.82 Å². The maximum atomic E-state index is 13.6. The molecule has 1 atom stereocenters. The van der Waals surface area contributed by atoms with Gasteiger partial charge in [-0.25, -0.2) is 4.39 Å². The average molecular weight is 305 g/mol. The zero-order valence-corrected chi connectivity index (χ0v) is 12.5. The average Bonchev–Trinajstić information content (AvgIpc) is 2.64. The number of benzene rings is 2. The van der Waals surface area contributed by atoms with Crippen molar-refractivity contribution in [3.05, 3.63) is 70.0 Å². The topological polar surface area (TPSA) is 20.2 Å². The smallest absolute Gasteiger partial charge is 0.142 e. The summed E-state index contributed by atoms with van der Waals surface area (Å²) in [5.74, 6) is -0.431. The van der Waals surface area contributed by atoms with Crippen LogP contribution in [0.1, 0.15) is 36.0 Å². The lowest BCUT2D eigenvalue weighted by Gasteiger charge is -2.29. The van der Waals surface area contributed by atoms with Crippen LogP contribution in [0.3, 0.4) is 0 Å². The van der Waals surface area contributed by atoms with Crippen molar-refractivity contribution in [3.8, 4) is 0 Å². The van der Waals surface area contributed by atoms with Crippen LogP contribution < -0.4 is 0 Å². The molecule has 3 rings (SSSR count). The van der Waals surface area contributed by atoms with Crippen LogP contribution in [0.2, 0.25) is 5.02 Å². The largest absolute Gasteiger partial charge is 0.385 e. The van der Waals surface area contributed by atoms with Gasteiger partial charge in [-0.15, -0.1) is 0 Å². The van der Waals surface area contributed by atoms with E-state index in [1.165, 1.54) is 11.6 Å². The Morgan fingerprint density at radius 2 is 1.90 bits per heavy atom. The molecule has 1 unspecified atom stereocenters. The van der Waals surface area contributed by atoms with Crippen LogP contribution in [0.25, 0.3) is 0 Å². The summed E-state index contributed by atoms with van der Waals surface area (Å²) in [6.07, 6.45) is 4.03. The Morgan fingerprint density at radius 3 is 2.76 bits per heavy atom. The van der Waals surface area contributed by atoms with E-state index in [4.69, 9.17) is 11.6 Å². The molecule has 1 nitrogen and oxygen atoms in total. The zero-order chi connectivity index (χ0) is 14.9. The quantitative estimate of drug-likeness (QED) is 0.802. The van der Waals surface area contributed by atoms with E-state index in [1.807, 2.05) is 18.2 Å². The van der Waals surface area contributed by atoms with Gasteiger partial charge in [0.15, 0.2) is 0 Å². The first-order valence-corrected chi connectivity index (χ1v) is 7.72. The fraction of sp³-hybridized carbons (Fsp3) is 0.333. The molecule has 0 amide bonds. The van der Waals surface area contributed by atoms with Gasteiger partial charge in [0.2, 0.25) is 0 Å².